The summed E-state index contributed by atoms with van der Waals surface area (Å²) in [5.41, 5.74) is 2.04. The van der Waals surface area contributed by atoms with Crippen LogP contribution in [0.2, 0.25) is 0 Å². The molecule has 0 saturated carbocycles. The van der Waals surface area contributed by atoms with Gasteiger partial charge in [0.15, 0.2) is 17.3 Å². The van der Waals surface area contributed by atoms with Crippen LogP contribution < -0.4 is 4.74 Å². The van der Waals surface area contributed by atoms with Gasteiger partial charge in [-0.15, -0.1) is 0 Å². The molecule has 5 nitrogen and oxygen atoms in total. The molecule has 0 radical (unpaired) electrons. The van der Waals surface area contributed by atoms with Crippen LogP contribution in [0.3, 0.4) is 0 Å². The predicted molar refractivity (Wildman–Crippen MR) is 76.5 cm³/mol. The Hall–Kier alpha value is -2.43. The zero-order chi connectivity index (χ0) is 15.0. The van der Waals surface area contributed by atoms with Crippen molar-refractivity contribution in [2.45, 2.75) is 19.4 Å². The van der Waals surface area contributed by atoms with Gasteiger partial charge in [-0.25, -0.2) is 0 Å². The molecular formula is C16H17NO4. The number of methoxy groups -OCH3 is 1. The highest BCUT2D eigenvalue weighted by Gasteiger charge is 2.30. The van der Waals surface area contributed by atoms with Gasteiger partial charge in [0, 0.05) is 6.54 Å². The van der Waals surface area contributed by atoms with Crippen LogP contribution in [0.15, 0.2) is 34.9 Å². The Labute approximate surface area is 122 Å². The normalized spacial score (nSPS) is 17.4. The first-order valence-electron chi connectivity index (χ1n) is 6.86. The molecule has 21 heavy (non-hydrogen) atoms. The quantitative estimate of drug-likeness (QED) is 0.922. The van der Waals surface area contributed by atoms with Gasteiger partial charge in [-0.2, -0.15) is 0 Å². The number of hydrogen-bond acceptors (Lipinski definition) is 4. The standard InChI is InChI=1S/C16H17NO4/c1-10-12-9-15(20-2)13(18)8-11(12)5-6-17(10)16(19)14-4-3-7-21-14/h3-4,7-10,18H,5-6H2,1-2H3/t10-/m1/s1. The Balaban J connectivity index is 1.95. The van der Waals surface area contributed by atoms with E-state index in [1.165, 1.54) is 13.4 Å². The maximum atomic E-state index is 12.5. The van der Waals surface area contributed by atoms with Crippen molar-refractivity contribution in [2.75, 3.05) is 13.7 Å². The number of ether oxygens (including phenoxy) is 1. The molecule has 2 heterocycles. The SMILES string of the molecule is COc1cc2c(cc1O)CCN(C(=O)c1ccco1)[C@@H]2C. The van der Waals surface area contributed by atoms with E-state index in [1.54, 1.807) is 29.2 Å². The Morgan fingerprint density at radius 2 is 2.29 bits per heavy atom. The molecule has 1 atom stereocenters. The second kappa shape index (κ2) is 5.16. The van der Waals surface area contributed by atoms with E-state index < -0.39 is 0 Å². The summed E-state index contributed by atoms with van der Waals surface area (Å²) in [7, 11) is 1.51. The smallest absolute Gasteiger partial charge is 0.290 e. The summed E-state index contributed by atoms with van der Waals surface area (Å²) in [5, 5.41) is 9.86. The zero-order valence-corrected chi connectivity index (χ0v) is 12.0. The number of carbonyl (C=O) groups excluding carboxylic acids is 1. The summed E-state index contributed by atoms with van der Waals surface area (Å²) < 4.78 is 10.3. The third kappa shape index (κ3) is 2.24. The lowest BCUT2D eigenvalue weighted by Crippen LogP contribution is -2.38. The van der Waals surface area contributed by atoms with Crippen LogP contribution in [0.4, 0.5) is 0 Å². The van der Waals surface area contributed by atoms with E-state index in [1.807, 2.05) is 6.92 Å². The minimum atomic E-state index is -0.120. The molecular weight excluding hydrogens is 270 g/mol. The highest BCUT2D eigenvalue weighted by Crippen LogP contribution is 2.37. The minimum absolute atomic E-state index is 0.0964. The molecule has 1 aliphatic rings. The van der Waals surface area contributed by atoms with Crippen LogP contribution in [-0.4, -0.2) is 29.6 Å². The third-order valence-corrected chi connectivity index (χ3v) is 3.97. The molecule has 0 bridgehead atoms. The lowest BCUT2D eigenvalue weighted by Gasteiger charge is -2.35. The van der Waals surface area contributed by atoms with Crippen LogP contribution >= 0.6 is 0 Å². The summed E-state index contributed by atoms with van der Waals surface area (Å²) >= 11 is 0. The topological polar surface area (TPSA) is 62.9 Å². The van der Waals surface area contributed by atoms with Gasteiger partial charge in [0.2, 0.25) is 0 Å². The lowest BCUT2D eigenvalue weighted by atomic mass is 9.92. The number of furan rings is 1. The first kappa shape index (κ1) is 13.5. The Morgan fingerprint density at radius 3 is 2.95 bits per heavy atom. The zero-order valence-electron chi connectivity index (χ0n) is 12.0. The van der Waals surface area contributed by atoms with Gasteiger partial charge >= 0.3 is 0 Å². The fourth-order valence-electron chi connectivity index (χ4n) is 2.82. The maximum Gasteiger partial charge on any atom is 0.290 e. The molecule has 3 rings (SSSR count). The van der Waals surface area contributed by atoms with Crippen molar-refractivity contribution in [2.24, 2.45) is 0 Å². The maximum absolute atomic E-state index is 12.5. The number of hydrogen-bond donors (Lipinski definition) is 1. The van der Waals surface area contributed by atoms with Gasteiger partial charge in [-0.3, -0.25) is 4.79 Å². The van der Waals surface area contributed by atoms with E-state index in [-0.39, 0.29) is 17.7 Å². The first-order valence-corrected chi connectivity index (χ1v) is 6.86. The monoisotopic (exact) mass is 287 g/mol. The molecule has 5 heteroatoms. The summed E-state index contributed by atoms with van der Waals surface area (Å²) in [4.78, 5) is 14.2. The van der Waals surface area contributed by atoms with E-state index >= 15 is 0 Å². The van der Waals surface area contributed by atoms with E-state index in [4.69, 9.17) is 9.15 Å². The number of phenols is 1. The first-order chi connectivity index (χ1) is 10.1. The molecule has 1 amide bonds. The van der Waals surface area contributed by atoms with Gasteiger partial charge in [-0.1, -0.05) is 0 Å². The number of phenolic OH excluding ortho intramolecular Hbond substituents is 1. The second-order valence-electron chi connectivity index (χ2n) is 5.12. The second-order valence-corrected chi connectivity index (χ2v) is 5.12. The van der Waals surface area contributed by atoms with Crippen molar-refractivity contribution in [3.8, 4) is 11.5 Å². The molecule has 1 N–H and O–H groups in total. The number of nitrogens with zero attached hydrogens (tertiary/aromatic N) is 1. The number of carbonyl (C=O) groups is 1. The summed E-state index contributed by atoms with van der Waals surface area (Å²) in [6, 6.07) is 6.80. The Kier molecular flexibility index (Phi) is 3.33. The molecule has 0 saturated heterocycles. The van der Waals surface area contributed by atoms with Gasteiger partial charge in [-0.05, 0) is 48.7 Å². The molecule has 0 spiro atoms. The summed E-state index contributed by atoms with van der Waals surface area (Å²) in [6.07, 6.45) is 2.19. The van der Waals surface area contributed by atoms with Crippen molar-refractivity contribution in [3.63, 3.8) is 0 Å². The van der Waals surface area contributed by atoms with Crippen LogP contribution in [0.1, 0.15) is 34.6 Å². The van der Waals surface area contributed by atoms with Crippen molar-refractivity contribution in [1.29, 1.82) is 0 Å². The largest absolute Gasteiger partial charge is 0.504 e. The van der Waals surface area contributed by atoms with Crippen LogP contribution in [0, 0.1) is 0 Å². The van der Waals surface area contributed by atoms with Crippen molar-refractivity contribution >= 4 is 5.91 Å². The highest BCUT2D eigenvalue weighted by molar-refractivity contribution is 5.92. The fraction of sp³-hybridized carbons (Fsp3) is 0.312. The Morgan fingerprint density at radius 1 is 1.48 bits per heavy atom. The van der Waals surface area contributed by atoms with E-state index in [0.29, 0.717) is 24.5 Å². The molecule has 1 aromatic heterocycles. The van der Waals surface area contributed by atoms with Crippen molar-refractivity contribution in [1.82, 2.24) is 4.90 Å². The molecule has 1 aromatic carbocycles. The highest BCUT2D eigenvalue weighted by atomic mass is 16.5. The average molecular weight is 287 g/mol. The van der Waals surface area contributed by atoms with E-state index in [0.717, 1.165) is 11.1 Å². The summed E-state index contributed by atoms with van der Waals surface area (Å²) in [6.45, 7) is 2.56. The molecule has 0 fully saturated rings. The van der Waals surface area contributed by atoms with Crippen molar-refractivity contribution < 1.29 is 19.1 Å². The molecule has 0 aliphatic carbocycles. The number of amides is 1. The lowest BCUT2D eigenvalue weighted by molar-refractivity contribution is 0.0644. The van der Waals surface area contributed by atoms with Crippen LogP contribution in [0.5, 0.6) is 11.5 Å². The molecule has 2 aromatic rings. The predicted octanol–water partition coefficient (Wildman–Crippen LogP) is 2.75. The van der Waals surface area contributed by atoms with Gasteiger partial charge in [0.05, 0.1) is 19.4 Å². The van der Waals surface area contributed by atoms with Crippen LogP contribution in [-0.2, 0) is 6.42 Å². The number of aromatic hydroxyl groups is 1. The van der Waals surface area contributed by atoms with Gasteiger partial charge < -0.3 is 19.2 Å². The molecule has 0 unspecified atom stereocenters. The van der Waals surface area contributed by atoms with Gasteiger partial charge in [0.25, 0.3) is 5.91 Å². The Bertz CT molecular complexity index is 663. The number of benzene rings is 1. The minimum Gasteiger partial charge on any atom is -0.504 e. The third-order valence-electron chi connectivity index (χ3n) is 3.97. The van der Waals surface area contributed by atoms with Crippen LogP contribution in [0.25, 0.3) is 0 Å². The molecule has 1 aliphatic heterocycles. The number of fused-ring (bicyclic) bond motifs is 1. The van der Waals surface area contributed by atoms with Gasteiger partial charge in [0.1, 0.15) is 0 Å². The van der Waals surface area contributed by atoms with Crippen molar-refractivity contribution in [3.05, 3.63) is 47.4 Å². The average Bonchev–Trinajstić information content (AvgIpc) is 3.01. The number of rotatable bonds is 2. The fourth-order valence-corrected chi connectivity index (χ4v) is 2.82. The molecule has 110 valence electrons. The van der Waals surface area contributed by atoms with E-state index in [2.05, 4.69) is 0 Å². The van der Waals surface area contributed by atoms with E-state index in [9.17, 15) is 9.90 Å². The summed E-state index contributed by atoms with van der Waals surface area (Å²) in [5.74, 6) is 0.781.